The summed E-state index contributed by atoms with van der Waals surface area (Å²) in [5.41, 5.74) is 0.951. The van der Waals surface area contributed by atoms with Gasteiger partial charge in [0.1, 0.15) is 0 Å². The van der Waals surface area contributed by atoms with Crippen LogP contribution in [0.5, 0.6) is 0 Å². The largest absolute Gasteiger partial charge is 0.466 e. The van der Waals surface area contributed by atoms with Gasteiger partial charge in [0, 0.05) is 23.6 Å². The van der Waals surface area contributed by atoms with Gasteiger partial charge in [-0.25, -0.2) is 0 Å². The maximum absolute atomic E-state index is 12.2. The minimum absolute atomic E-state index is 0.0131. The third-order valence-corrected chi connectivity index (χ3v) is 3.92. The van der Waals surface area contributed by atoms with Crippen LogP contribution in [-0.4, -0.2) is 30.8 Å². The molecule has 1 amide bonds. The van der Waals surface area contributed by atoms with Crippen LogP contribution in [-0.2, 0) is 14.3 Å². The highest BCUT2D eigenvalue weighted by atomic mass is 32.2. The smallest absolute Gasteiger partial charge is 0.306 e. The van der Waals surface area contributed by atoms with Crippen molar-refractivity contribution in [2.24, 2.45) is 0 Å². The van der Waals surface area contributed by atoms with E-state index in [0.717, 1.165) is 16.3 Å². The minimum Gasteiger partial charge on any atom is -0.466 e. The molecule has 0 atom stereocenters. The number of ether oxygens (including phenoxy) is 1. The van der Waals surface area contributed by atoms with E-state index >= 15 is 0 Å². The fraction of sp³-hybridized carbons (Fsp3) is 0.429. The Balaban J connectivity index is 1.99. The molecule has 0 unspecified atom stereocenters. The van der Waals surface area contributed by atoms with E-state index in [4.69, 9.17) is 4.74 Å². The lowest BCUT2D eigenvalue weighted by Gasteiger charge is -2.28. The topological polar surface area (TPSA) is 46.6 Å². The Morgan fingerprint density at radius 2 is 2.11 bits per heavy atom. The molecule has 0 radical (unpaired) electrons. The van der Waals surface area contributed by atoms with Crippen molar-refractivity contribution in [3.63, 3.8) is 0 Å². The van der Waals surface area contributed by atoms with Gasteiger partial charge < -0.3 is 9.64 Å². The van der Waals surface area contributed by atoms with Crippen molar-refractivity contribution in [1.29, 1.82) is 0 Å². The molecule has 1 aromatic carbocycles. The molecule has 0 spiro atoms. The predicted octanol–water partition coefficient (Wildman–Crippen LogP) is 2.47. The van der Waals surface area contributed by atoms with Gasteiger partial charge in [0.15, 0.2) is 0 Å². The van der Waals surface area contributed by atoms with Crippen LogP contribution >= 0.6 is 11.8 Å². The van der Waals surface area contributed by atoms with E-state index in [0.29, 0.717) is 13.2 Å². The molecule has 1 aliphatic rings. The second-order valence-corrected chi connectivity index (χ2v) is 5.30. The van der Waals surface area contributed by atoms with Crippen LogP contribution in [0.4, 0.5) is 5.69 Å². The zero-order valence-electron chi connectivity index (χ0n) is 10.9. The summed E-state index contributed by atoms with van der Waals surface area (Å²) in [7, 11) is 0. The number of esters is 1. The molecule has 0 N–H and O–H groups in total. The van der Waals surface area contributed by atoms with Crippen LogP contribution in [0.2, 0.25) is 0 Å². The first-order valence-corrected chi connectivity index (χ1v) is 7.38. The fourth-order valence-corrected chi connectivity index (χ4v) is 3.00. The molecule has 4 nitrogen and oxygen atoms in total. The summed E-state index contributed by atoms with van der Waals surface area (Å²) in [6.07, 6.45) is 0.357. The molecule has 0 saturated carbocycles. The standard InChI is InChI=1S/C14H17NO3S/c1-2-18-14(17)8-7-13(16)15-9-10-19-12-6-4-3-5-11(12)15/h3-6H,2,7-10H2,1H3. The third-order valence-electron chi connectivity index (χ3n) is 2.88. The number of hydrogen-bond donors (Lipinski definition) is 0. The van der Waals surface area contributed by atoms with E-state index in [1.165, 1.54) is 0 Å². The lowest BCUT2D eigenvalue weighted by Crippen LogP contribution is -2.35. The van der Waals surface area contributed by atoms with Gasteiger partial charge in [-0.05, 0) is 19.1 Å². The number of amides is 1. The highest BCUT2D eigenvalue weighted by Crippen LogP contribution is 2.34. The summed E-state index contributed by atoms with van der Waals surface area (Å²) in [6.45, 7) is 2.82. The molecule has 0 aromatic heterocycles. The molecular formula is C14H17NO3S. The number of hydrogen-bond acceptors (Lipinski definition) is 4. The van der Waals surface area contributed by atoms with Crippen molar-refractivity contribution < 1.29 is 14.3 Å². The van der Waals surface area contributed by atoms with Gasteiger partial charge in [-0.3, -0.25) is 9.59 Å². The molecule has 19 heavy (non-hydrogen) atoms. The Labute approximate surface area is 117 Å². The van der Waals surface area contributed by atoms with Gasteiger partial charge in [-0.2, -0.15) is 0 Å². The molecule has 1 heterocycles. The molecule has 0 bridgehead atoms. The number of thioether (sulfide) groups is 1. The highest BCUT2D eigenvalue weighted by Gasteiger charge is 2.22. The van der Waals surface area contributed by atoms with Crippen molar-refractivity contribution in [1.82, 2.24) is 0 Å². The maximum Gasteiger partial charge on any atom is 0.306 e. The van der Waals surface area contributed by atoms with E-state index in [1.807, 2.05) is 24.3 Å². The first-order chi connectivity index (χ1) is 9.22. The van der Waals surface area contributed by atoms with Gasteiger partial charge in [0.05, 0.1) is 18.7 Å². The number of nitrogens with zero attached hydrogens (tertiary/aromatic N) is 1. The summed E-state index contributed by atoms with van der Waals surface area (Å²) in [4.78, 5) is 26.3. The van der Waals surface area contributed by atoms with E-state index in [9.17, 15) is 9.59 Å². The summed E-state index contributed by atoms with van der Waals surface area (Å²) >= 11 is 1.76. The van der Waals surface area contributed by atoms with Crippen LogP contribution in [0.15, 0.2) is 29.2 Å². The number of carbonyl (C=O) groups excluding carboxylic acids is 2. The van der Waals surface area contributed by atoms with E-state index in [2.05, 4.69) is 0 Å². The molecule has 0 saturated heterocycles. The van der Waals surface area contributed by atoms with Crippen molar-refractivity contribution in [3.05, 3.63) is 24.3 Å². The number of anilines is 1. The number of para-hydroxylation sites is 1. The van der Waals surface area contributed by atoms with Crippen molar-refractivity contribution in [3.8, 4) is 0 Å². The second kappa shape index (κ2) is 6.61. The van der Waals surface area contributed by atoms with Crippen molar-refractivity contribution >= 4 is 29.3 Å². The first-order valence-electron chi connectivity index (χ1n) is 6.40. The van der Waals surface area contributed by atoms with Crippen LogP contribution in [0.1, 0.15) is 19.8 Å². The Morgan fingerprint density at radius 3 is 2.89 bits per heavy atom. The summed E-state index contributed by atoms with van der Waals surface area (Å²) < 4.78 is 4.84. The molecule has 1 aromatic rings. The van der Waals surface area contributed by atoms with Gasteiger partial charge in [-0.15, -0.1) is 11.8 Å². The maximum atomic E-state index is 12.2. The molecule has 0 aliphatic carbocycles. The van der Waals surface area contributed by atoms with E-state index in [1.54, 1.807) is 23.6 Å². The van der Waals surface area contributed by atoms with Gasteiger partial charge in [0.25, 0.3) is 0 Å². The Morgan fingerprint density at radius 1 is 1.32 bits per heavy atom. The predicted molar refractivity (Wildman–Crippen MR) is 75.4 cm³/mol. The fourth-order valence-electron chi connectivity index (χ4n) is 2.01. The van der Waals surface area contributed by atoms with Crippen LogP contribution in [0.3, 0.4) is 0 Å². The molecule has 5 heteroatoms. The lowest BCUT2D eigenvalue weighted by molar-refractivity contribution is -0.144. The molecule has 0 fully saturated rings. The summed E-state index contributed by atoms with van der Waals surface area (Å²) in [5.74, 6) is 0.568. The highest BCUT2D eigenvalue weighted by molar-refractivity contribution is 7.99. The van der Waals surface area contributed by atoms with Crippen molar-refractivity contribution in [2.75, 3.05) is 23.8 Å². The lowest BCUT2D eigenvalue weighted by atomic mass is 10.2. The van der Waals surface area contributed by atoms with Gasteiger partial charge in [-0.1, -0.05) is 12.1 Å². The quantitative estimate of drug-likeness (QED) is 0.794. The average molecular weight is 279 g/mol. The third kappa shape index (κ3) is 3.50. The van der Waals surface area contributed by atoms with Crippen LogP contribution in [0, 0.1) is 0 Å². The Bertz CT molecular complexity index is 476. The zero-order chi connectivity index (χ0) is 13.7. The normalized spacial score (nSPS) is 13.8. The molecule has 1 aliphatic heterocycles. The average Bonchev–Trinajstić information content (AvgIpc) is 2.44. The molecular weight excluding hydrogens is 262 g/mol. The van der Waals surface area contributed by atoms with Gasteiger partial charge >= 0.3 is 5.97 Å². The molecule has 102 valence electrons. The van der Waals surface area contributed by atoms with Crippen LogP contribution < -0.4 is 4.90 Å². The Kier molecular flexibility index (Phi) is 4.85. The SMILES string of the molecule is CCOC(=O)CCC(=O)N1CCSc2ccccc21. The summed E-state index contributed by atoms with van der Waals surface area (Å²) in [5, 5.41) is 0. The first kappa shape index (κ1) is 13.9. The number of carbonyl (C=O) groups is 2. The Hall–Kier alpha value is -1.49. The van der Waals surface area contributed by atoms with Gasteiger partial charge in [0.2, 0.25) is 5.91 Å². The van der Waals surface area contributed by atoms with Crippen molar-refractivity contribution in [2.45, 2.75) is 24.7 Å². The number of fused-ring (bicyclic) bond motifs is 1. The van der Waals surface area contributed by atoms with E-state index < -0.39 is 0 Å². The second-order valence-electron chi connectivity index (χ2n) is 4.17. The summed E-state index contributed by atoms with van der Waals surface area (Å²) in [6, 6.07) is 7.86. The van der Waals surface area contributed by atoms with E-state index in [-0.39, 0.29) is 24.7 Å². The zero-order valence-corrected chi connectivity index (χ0v) is 11.7. The molecule has 2 rings (SSSR count). The number of rotatable bonds is 4. The number of benzene rings is 1. The monoisotopic (exact) mass is 279 g/mol. The minimum atomic E-state index is -0.310. The van der Waals surface area contributed by atoms with Crippen LogP contribution in [0.25, 0.3) is 0 Å².